The molecule has 0 aromatic carbocycles. The number of carbonyl (C=O) groups excluding carboxylic acids is 1. The number of anilines is 1. The minimum Gasteiger partial charge on any atom is -0.466 e. The predicted octanol–water partition coefficient (Wildman–Crippen LogP) is 3.33. The summed E-state index contributed by atoms with van der Waals surface area (Å²) in [5.74, 6) is 1.54. The van der Waals surface area contributed by atoms with Crippen LogP contribution in [0.3, 0.4) is 0 Å². The number of furan rings is 1. The number of H-pyrrole nitrogens is 1. The van der Waals surface area contributed by atoms with Crippen LogP contribution in [0.2, 0.25) is 0 Å². The summed E-state index contributed by atoms with van der Waals surface area (Å²) in [5, 5.41) is 7.45. The van der Waals surface area contributed by atoms with Crippen LogP contribution in [0.5, 0.6) is 0 Å². The number of aryl methyl sites for hydroxylation is 3. The molecule has 28 heavy (non-hydrogen) atoms. The van der Waals surface area contributed by atoms with Gasteiger partial charge in [0.2, 0.25) is 5.95 Å². The third-order valence-electron chi connectivity index (χ3n) is 4.59. The number of hydrogen-bond donors (Lipinski definition) is 2. The van der Waals surface area contributed by atoms with E-state index in [0.29, 0.717) is 34.2 Å². The molecule has 2 N–H and O–H groups in total. The fourth-order valence-corrected chi connectivity index (χ4v) is 2.77. The van der Waals surface area contributed by atoms with Crippen LogP contribution in [0.25, 0.3) is 5.95 Å². The molecule has 3 rings (SSSR count). The summed E-state index contributed by atoms with van der Waals surface area (Å²) in [5.41, 5.74) is 1.85. The van der Waals surface area contributed by atoms with Gasteiger partial charge in [-0.1, -0.05) is 20.8 Å². The van der Waals surface area contributed by atoms with Gasteiger partial charge in [0, 0.05) is 22.7 Å². The summed E-state index contributed by atoms with van der Waals surface area (Å²) >= 11 is 0. The van der Waals surface area contributed by atoms with E-state index in [1.54, 1.807) is 39.8 Å². The Hall–Kier alpha value is -3.16. The number of hydrogen-bond acceptors (Lipinski definition) is 5. The lowest BCUT2D eigenvalue weighted by atomic mass is 9.92. The molecule has 3 aromatic rings. The van der Waals surface area contributed by atoms with Gasteiger partial charge in [-0.2, -0.15) is 9.78 Å². The minimum absolute atomic E-state index is 0.242. The van der Waals surface area contributed by atoms with Gasteiger partial charge in [-0.15, -0.1) is 0 Å². The van der Waals surface area contributed by atoms with E-state index >= 15 is 0 Å². The molecule has 0 aliphatic heterocycles. The van der Waals surface area contributed by atoms with Crippen LogP contribution in [-0.2, 0) is 5.41 Å². The molecule has 0 spiro atoms. The van der Waals surface area contributed by atoms with Crippen LogP contribution in [0, 0.1) is 27.7 Å². The Morgan fingerprint density at radius 3 is 2.39 bits per heavy atom. The second-order valence-electron chi connectivity index (χ2n) is 7.96. The van der Waals surface area contributed by atoms with Gasteiger partial charge in [0.05, 0.1) is 11.3 Å². The number of nitrogens with one attached hydrogen (secondary N) is 2. The Morgan fingerprint density at radius 2 is 1.86 bits per heavy atom. The van der Waals surface area contributed by atoms with Crippen molar-refractivity contribution in [1.82, 2.24) is 19.7 Å². The maximum atomic E-state index is 12.8. The van der Waals surface area contributed by atoms with Gasteiger partial charge in [0.15, 0.2) is 0 Å². The van der Waals surface area contributed by atoms with Crippen LogP contribution in [-0.4, -0.2) is 25.7 Å². The van der Waals surface area contributed by atoms with Crippen molar-refractivity contribution in [3.8, 4) is 5.95 Å². The van der Waals surface area contributed by atoms with Gasteiger partial charge in [-0.25, -0.2) is 4.98 Å². The maximum Gasteiger partial charge on any atom is 0.260 e. The lowest BCUT2D eigenvalue weighted by Crippen LogP contribution is -2.21. The lowest BCUT2D eigenvalue weighted by Gasteiger charge is -2.14. The molecule has 0 saturated heterocycles. The Balaban J connectivity index is 2.10. The molecule has 0 aliphatic carbocycles. The van der Waals surface area contributed by atoms with E-state index in [1.165, 1.54) is 4.68 Å². The molecule has 8 heteroatoms. The topological polar surface area (TPSA) is 106 Å². The lowest BCUT2D eigenvalue weighted by molar-refractivity contribution is 0.102. The number of carbonyl (C=O) groups is 1. The van der Waals surface area contributed by atoms with Crippen LogP contribution in [0.15, 0.2) is 21.3 Å². The minimum atomic E-state index is -0.317. The van der Waals surface area contributed by atoms with Gasteiger partial charge in [0.25, 0.3) is 11.5 Å². The normalized spacial score (nSPS) is 11.7. The Kier molecular flexibility index (Phi) is 4.74. The Morgan fingerprint density at radius 1 is 1.18 bits per heavy atom. The van der Waals surface area contributed by atoms with Gasteiger partial charge in [0.1, 0.15) is 17.3 Å². The van der Waals surface area contributed by atoms with E-state index in [2.05, 4.69) is 20.4 Å². The molecule has 0 unspecified atom stereocenters. The van der Waals surface area contributed by atoms with E-state index in [9.17, 15) is 9.59 Å². The summed E-state index contributed by atoms with van der Waals surface area (Å²) in [7, 11) is 0. The van der Waals surface area contributed by atoms with E-state index in [-0.39, 0.29) is 22.8 Å². The number of aromatic amines is 1. The first kappa shape index (κ1) is 19.6. The van der Waals surface area contributed by atoms with Gasteiger partial charge < -0.3 is 9.73 Å². The van der Waals surface area contributed by atoms with Crippen molar-refractivity contribution in [2.75, 3.05) is 5.32 Å². The average molecular weight is 383 g/mol. The molecular weight excluding hydrogens is 358 g/mol. The summed E-state index contributed by atoms with van der Waals surface area (Å²) in [6, 6.07) is 3.47. The molecule has 3 aromatic heterocycles. The third-order valence-corrected chi connectivity index (χ3v) is 4.59. The largest absolute Gasteiger partial charge is 0.466 e. The van der Waals surface area contributed by atoms with Crippen molar-refractivity contribution in [1.29, 1.82) is 0 Å². The number of aromatic nitrogens is 4. The SMILES string of the molecule is Cc1cc(C(=O)Nc2cc(C(C)(C)C)nn2-c2nc(C)c(C)c(=O)[nH]2)c(C)o1. The molecule has 148 valence electrons. The van der Waals surface area contributed by atoms with E-state index < -0.39 is 0 Å². The van der Waals surface area contributed by atoms with Gasteiger partial charge >= 0.3 is 0 Å². The van der Waals surface area contributed by atoms with E-state index in [4.69, 9.17) is 4.42 Å². The summed E-state index contributed by atoms with van der Waals surface area (Å²) in [6.45, 7) is 13.1. The molecule has 0 aliphatic rings. The highest BCUT2D eigenvalue weighted by Gasteiger charge is 2.24. The molecule has 0 radical (unpaired) electrons. The first-order chi connectivity index (χ1) is 13.0. The van der Waals surface area contributed by atoms with Crippen molar-refractivity contribution in [2.45, 2.75) is 53.9 Å². The monoisotopic (exact) mass is 383 g/mol. The van der Waals surface area contributed by atoms with Gasteiger partial charge in [-0.05, 0) is 33.8 Å². The smallest absolute Gasteiger partial charge is 0.260 e. The van der Waals surface area contributed by atoms with Crippen molar-refractivity contribution in [2.24, 2.45) is 0 Å². The molecule has 3 heterocycles. The van der Waals surface area contributed by atoms with Gasteiger partial charge in [-0.3, -0.25) is 14.6 Å². The maximum absolute atomic E-state index is 12.8. The second-order valence-corrected chi connectivity index (χ2v) is 7.96. The molecule has 0 bridgehead atoms. The van der Waals surface area contributed by atoms with E-state index in [0.717, 1.165) is 5.69 Å². The van der Waals surface area contributed by atoms with Crippen molar-refractivity contribution in [3.05, 3.63) is 56.5 Å². The highest BCUT2D eigenvalue weighted by atomic mass is 16.3. The third kappa shape index (κ3) is 3.62. The fourth-order valence-electron chi connectivity index (χ4n) is 2.77. The average Bonchev–Trinajstić information content (AvgIpc) is 3.15. The first-order valence-corrected chi connectivity index (χ1v) is 9.04. The highest BCUT2D eigenvalue weighted by molar-refractivity contribution is 6.04. The molecule has 8 nitrogen and oxygen atoms in total. The zero-order valence-electron chi connectivity index (χ0n) is 17.2. The Bertz CT molecular complexity index is 1110. The van der Waals surface area contributed by atoms with Crippen LogP contribution < -0.4 is 10.9 Å². The van der Waals surface area contributed by atoms with Crippen LogP contribution in [0.4, 0.5) is 5.82 Å². The molecule has 0 fully saturated rings. The summed E-state index contributed by atoms with van der Waals surface area (Å²) in [6.07, 6.45) is 0. The van der Waals surface area contributed by atoms with Crippen molar-refractivity contribution >= 4 is 11.7 Å². The van der Waals surface area contributed by atoms with Crippen LogP contribution >= 0.6 is 0 Å². The molecule has 0 saturated carbocycles. The number of nitrogens with zero attached hydrogens (tertiary/aromatic N) is 3. The zero-order chi connectivity index (χ0) is 20.8. The number of rotatable bonds is 3. The molecule has 0 atom stereocenters. The highest BCUT2D eigenvalue weighted by Crippen LogP contribution is 2.26. The number of amides is 1. The first-order valence-electron chi connectivity index (χ1n) is 9.04. The summed E-state index contributed by atoms with van der Waals surface area (Å²) < 4.78 is 6.90. The molecular formula is C20H25N5O3. The molecule has 1 amide bonds. The van der Waals surface area contributed by atoms with E-state index in [1.807, 2.05) is 20.8 Å². The Labute approximate surface area is 163 Å². The quantitative estimate of drug-likeness (QED) is 0.722. The fraction of sp³-hybridized carbons (Fsp3) is 0.400. The summed E-state index contributed by atoms with van der Waals surface area (Å²) in [4.78, 5) is 32.1. The standard InChI is InChI=1S/C20H25N5O3/c1-10-8-14(13(4)28-10)18(27)22-16-9-15(20(5,6)7)24-25(16)19-21-12(3)11(2)17(26)23-19/h8-9H,1-7H3,(H,22,27)(H,21,23,26). The van der Waals surface area contributed by atoms with Crippen molar-refractivity contribution in [3.63, 3.8) is 0 Å². The van der Waals surface area contributed by atoms with Crippen molar-refractivity contribution < 1.29 is 9.21 Å². The zero-order valence-corrected chi connectivity index (χ0v) is 17.2. The predicted molar refractivity (Wildman–Crippen MR) is 106 cm³/mol. The van der Waals surface area contributed by atoms with Crippen LogP contribution in [0.1, 0.15) is 59.6 Å². The second kappa shape index (κ2) is 6.78.